The lowest BCUT2D eigenvalue weighted by atomic mass is 10.2. The third-order valence-corrected chi connectivity index (χ3v) is 4.16. The molecule has 0 radical (unpaired) electrons. The van der Waals surface area contributed by atoms with E-state index in [1.54, 1.807) is 11.3 Å². The molecule has 1 aromatic rings. The van der Waals surface area contributed by atoms with Crippen molar-refractivity contribution in [2.24, 2.45) is 0 Å². The zero-order chi connectivity index (χ0) is 12.1. The summed E-state index contributed by atoms with van der Waals surface area (Å²) in [7, 11) is 0. The molecule has 1 aliphatic rings. The number of carbonyl (C=O) groups is 1. The first-order valence-electron chi connectivity index (χ1n) is 6.29. The number of thiophene rings is 1. The molecule has 0 atom stereocenters. The Morgan fingerprint density at radius 1 is 1.41 bits per heavy atom. The van der Waals surface area contributed by atoms with Crippen LogP contribution in [0.2, 0.25) is 0 Å². The maximum atomic E-state index is 11.6. The van der Waals surface area contributed by atoms with E-state index in [2.05, 4.69) is 29.7 Å². The number of rotatable bonds is 5. The molecule has 1 aliphatic carbocycles. The maximum Gasteiger partial charge on any atom is 0.234 e. The number of carbonyl (C=O) groups excluding carboxylic acids is 1. The summed E-state index contributed by atoms with van der Waals surface area (Å²) in [4.78, 5) is 14.1. The monoisotopic (exact) mass is 252 g/mol. The molecule has 0 bridgehead atoms. The van der Waals surface area contributed by atoms with Crippen LogP contribution in [0.25, 0.3) is 0 Å². The Morgan fingerprint density at radius 2 is 2.18 bits per heavy atom. The molecule has 1 fully saturated rings. The predicted molar refractivity (Wildman–Crippen MR) is 71.2 cm³/mol. The smallest absolute Gasteiger partial charge is 0.234 e. The summed E-state index contributed by atoms with van der Waals surface area (Å²) >= 11 is 1.74. The number of nitrogens with one attached hydrogen (secondary N) is 2. The van der Waals surface area contributed by atoms with E-state index in [1.807, 2.05) is 0 Å². The Kier molecular flexibility index (Phi) is 4.57. The molecule has 17 heavy (non-hydrogen) atoms. The van der Waals surface area contributed by atoms with Gasteiger partial charge in [-0.15, -0.1) is 11.3 Å². The third kappa shape index (κ3) is 4.13. The van der Waals surface area contributed by atoms with Crippen LogP contribution < -0.4 is 10.6 Å². The highest BCUT2D eigenvalue weighted by molar-refractivity contribution is 7.11. The van der Waals surface area contributed by atoms with Gasteiger partial charge in [-0.3, -0.25) is 4.79 Å². The highest BCUT2D eigenvalue weighted by Gasteiger charge is 2.14. The third-order valence-electron chi connectivity index (χ3n) is 3.16. The standard InChI is InChI=1S/C13H20N2OS/c1-10-6-7-12(17-10)8-15-13(16)9-14-11-4-2-3-5-11/h6-7,11,14H,2-5,8-9H2,1H3,(H,15,16). The van der Waals surface area contributed by atoms with Gasteiger partial charge in [-0.05, 0) is 31.9 Å². The molecular formula is C13H20N2OS. The first kappa shape index (κ1) is 12.6. The molecule has 0 unspecified atom stereocenters. The van der Waals surface area contributed by atoms with E-state index in [-0.39, 0.29) is 5.91 Å². The highest BCUT2D eigenvalue weighted by atomic mass is 32.1. The van der Waals surface area contributed by atoms with Crippen LogP contribution in [0.4, 0.5) is 0 Å². The quantitative estimate of drug-likeness (QED) is 0.843. The fourth-order valence-corrected chi connectivity index (χ4v) is 3.03. The topological polar surface area (TPSA) is 41.1 Å². The fraction of sp³-hybridized carbons (Fsp3) is 0.615. The largest absolute Gasteiger partial charge is 0.350 e. The van der Waals surface area contributed by atoms with Gasteiger partial charge in [0.15, 0.2) is 0 Å². The second-order valence-electron chi connectivity index (χ2n) is 4.65. The second-order valence-corrected chi connectivity index (χ2v) is 6.02. The van der Waals surface area contributed by atoms with Gasteiger partial charge in [0.1, 0.15) is 0 Å². The van der Waals surface area contributed by atoms with Crippen LogP contribution in [0, 0.1) is 6.92 Å². The first-order valence-corrected chi connectivity index (χ1v) is 7.11. The molecule has 1 saturated carbocycles. The van der Waals surface area contributed by atoms with Gasteiger partial charge in [0.05, 0.1) is 13.1 Å². The first-order chi connectivity index (χ1) is 8.24. The SMILES string of the molecule is Cc1ccc(CNC(=O)CNC2CCCC2)s1. The van der Waals surface area contributed by atoms with Gasteiger partial charge in [-0.25, -0.2) is 0 Å². The van der Waals surface area contributed by atoms with Gasteiger partial charge in [0, 0.05) is 15.8 Å². The summed E-state index contributed by atoms with van der Waals surface area (Å²) < 4.78 is 0. The molecule has 2 N–H and O–H groups in total. The van der Waals surface area contributed by atoms with Crippen molar-refractivity contribution in [1.29, 1.82) is 0 Å². The van der Waals surface area contributed by atoms with E-state index in [0.717, 1.165) is 0 Å². The van der Waals surface area contributed by atoms with Crippen molar-refractivity contribution >= 4 is 17.2 Å². The van der Waals surface area contributed by atoms with Crippen molar-refractivity contribution in [1.82, 2.24) is 10.6 Å². The van der Waals surface area contributed by atoms with Gasteiger partial charge < -0.3 is 10.6 Å². The molecule has 94 valence electrons. The molecule has 4 heteroatoms. The molecule has 0 saturated heterocycles. The minimum absolute atomic E-state index is 0.1000. The van der Waals surface area contributed by atoms with Crippen LogP contribution in [0.15, 0.2) is 12.1 Å². The lowest BCUT2D eigenvalue weighted by Crippen LogP contribution is -2.37. The minimum Gasteiger partial charge on any atom is -0.350 e. The van der Waals surface area contributed by atoms with Crippen molar-refractivity contribution in [2.75, 3.05) is 6.54 Å². The summed E-state index contributed by atoms with van der Waals surface area (Å²) in [6, 6.07) is 4.72. The molecule has 0 aromatic carbocycles. The number of hydrogen-bond donors (Lipinski definition) is 2. The number of amides is 1. The maximum absolute atomic E-state index is 11.6. The van der Waals surface area contributed by atoms with Crippen LogP contribution in [-0.2, 0) is 11.3 Å². The van der Waals surface area contributed by atoms with E-state index in [0.29, 0.717) is 19.1 Å². The number of aryl methyl sites for hydroxylation is 1. The van der Waals surface area contributed by atoms with E-state index in [4.69, 9.17) is 0 Å². The second kappa shape index (κ2) is 6.17. The summed E-state index contributed by atoms with van der Waals surface area (Å²) in [5.74, 6) is 0.1000. The Balaban J connectivity index is 1.63. The Morgan fingerprint density at radius 3 is 2.82 bits per heavy atom. The van der Waals surface area contributed by atoms with E-state index in [9.17, 15) is 4.79 Å². The summed E-state index contributed by atoms with van der Waals surface area (Å²) in [6.45, 7) is 3.19. The van der Waals surface area contributed by atoms with Gasteiger partial charge >= 0.3 is 0 Å². The van der Waals surface area contributed by atoms with Crippen LogP contribution in [0.3, 0.4) is 0 Å². The lowest BCUT2D eigenvalue weighted by molar-refractivity contribution is -0.120. The molecule has 0 aliphatic heterocycles. The van der Waals surface area contributed by atoms with Crippen LogP contribution >= 0.6 is 11.3 Å². The van der Waals surface area contributed by atoms with Gasteiger partial charge in [-0.1, -0.05) is 12.8 Å². The zero-order valence-electron chi connectivity index (χ0n) is 10.3. The Labute approximate surface area is 107 Å². The highest BCUT2D eigenvalue weighted by Crippen LogP contribution is 2.17. The van der Waals surface area contributed by atoms with Gasteiger partial charge in [-0.2, -0.15) is 0 Å². The van der Waals surface area contributed by atoms with Crippen LogP contribution in [-0.4, -0.2) is 18.5 Å². The summed E-state index contributed by atoms with van der Waals surface area (Å²) in [6.07, 6.45) is 5.04. The van der Waals surface area contributed by atoms with Crippen molar-refractivity contribution in [3.8, 4) is 0 Å². The molecular weight excluding hydrogens is 232 g/mol. The van der Waals surface area contributed by atoms with Crippen molar-refractivity contribution in [2.45, 2.75) is 45.2 Å². The fourth-order valence-electron chi connectivity index (χ4n) is 2.20. The Bertz CT molecular complexity index is 369. The molecule has 1 heterocycles. The molecule has 0 spiro atoms. The molecule has 3 nitrogen and oxygen atoms in total. The minimum atomic E-state index is 0.1000. The molecule has 1 aromatic heterocycles. The van der Waals surface area contributed by atoms with Crippen molar-refractivity contribution in [3.05, 3.63) is 21.9 Å². The average molecular weight is 252 g/mol. The van der Waals surface area contributed by atoms with Gasteiger partial charge in [0.2, 0.25) is 5.91 Å². The predicted octanol–water partition coefficient (Wildman–Crippen LogP) is 2.20. The molecule has 1 amide bonds. The van der Waals surface area contributed by atoms with Crippen molar-refractivity contribution < 1.29 is 4.79 Å². The van der Waals surface area contributed by atoms with E-state index >= 15 is 0 Å². The van der Waals surface area contributed by atoms with E-state index < -0.39 is 0 Å². The van der Waals surface area contributed by atoms with Crippen LogP contribution in [0.1, 0.15) is 35.4 Å². The van der Waals surface area contributed by atoms with Crippen molar-refractivity contribution in [3.63, 3.8) is 0 Å². The van der Waals surface area contributed by atoms with Gasteiger partial charge in [0.25, 0.3) is 0 Å². The lowest BCUT2D eigenvalue weighted by Gasteiger charge is -2.11. The number of hydrogen-bond acceptors (Lipinski definition) is 3. The molecule has 2 rings (SSSR count). The average Bonchev–Trinajstić information content (AvgIpc) is 2.95. The summed E-state index contributed by atoms with van der Waals surface area (Å²) in [5, 5.41) is 6.26. The van der Waals surface area contributed by atoms with E-state index in [1.165, 1.54) is 35.4 Å². The normalized spacial score (nSPS) is 16.3. The zero-order valence-corrected chi connectivity index (χ0v) is 11.1. The Hall–Kier alpha value is -0.870. The summed E-state index contributed by atoms with van der Waals surface area (Å²) in [5.41, 5.74) is 0. The van der Waals surface area contributed by atoms with Crippen LogP contribution in [0.5, 0.6) is 0 Å².